The highest BCUT2D eigenvalue weighted by Crippen LogP contribution is 2.25. The largest absolute Gasteiger partial charge is 0.494 e. The minimum Gasteiger partial charge on any atom is -0.494 e. The van der Waals surface area contributed by atoms with Crippen molar-refractivity contribution < 1.29 is 19.2 Å². The van der Waals surface area contributed by atoms with Crippen LogP contribution in [0.5, 0.6) is 5.75 Å². The zero-order valence-electron chi connectivity index (χ0n) is 14.5. The van der Waals surface area contributed by atoms with E-state index in [0.717, 1.165) is 6.54 Å². The molecular weight excluding hydrogens is 324 g/mol. The smallest absolute Gasteiger partial charge is 0.280 e. The van der Waals surface area contributed by atoms with Crippen LogP contribution in [0.3, 0.4) is 0 Å². The van der Waals surface area contributed by atoms with E-state index in [1.165, 1.54) is 43.9 Å². The molecule has 7 nitrogen and oxygen atoms in total. The van der Waals surface area contributed by atoms with Crippen molar-refractivity contribution in [1.82, 2.24) is 4.90 Å². The number of nitro groups is 1. The van der Waals surface area contributed by atoms with Gasteiger partial charge in [0.25, 0.3) is 5.69 Å². The zero-order valence-corrected chi connectivity index (χ0v) is 14.5. The molecule has 0 aliphatic heterocycles. The number of hydrogen-bond acceptors (Lipinski definition) is 5. The normalized spacial score (nSPS) is 14.3. The molecule has 0 bridgehead atoms. The van der Waals surface area contributed by atoms with Crippen LogP contribution in [-0.2, 0) is 4.79 Å². The Kier molecular flexibility index (Phi) is 6.91. The summed E-state index contributed by atoms with van der Waals surface area (Å²) in [5, 5.41) is 10.8. The number of carbonyl (C=O) groups is 2. The molecule has 0 heterocycles. The van der Waals surface area contributed by atoms with E-state index in [1.54, 1.807) is 4.90 Å². The van der Waals surface area contributed by atoms with Crippen molar-refractivity contribution in [2.24, 2.45) is 5.92 Å². The SMILES string of the molecule is CN(CC1CCCC1)C(=O)CCCOc1ccc([N+](=O)[O-])c(C=O)c1. The third-order valence-electron chi connectivity index (χ3n) is 4.56. The van der Waals surface area contributed by atoms with Gasteiger partial charge in [0.1, 0.15) is 5.75 Å². The number of amides is 1. The molecule has 136 valence electrons. The third kappa shape index (κ3) is 5.55. The Morgan fingerprint density at radius 1 is 1.40 bits per heavy atom. The molecule has 1 aromatic rings. The van der Waals surface area contributed by atoms with E-state index in [4.69, 9.17) is 4.74 Å². The van der Waals surface area contributed by atoms with Crippen LogP contribution in [0.25, 0.3) is 0 Å². The Labute approximate surface area is 147 Å². The lowest BCUT2D eigenvalue weighted by Crippen LogP contribution is -2.31. The second-order valence-electron chi connectivity index (χ2n) is 6.47. The van der Waals surface area contributed by atoms with Gasteiger partial charge in [0.05, 0.1) is 17.1 Å². The van der Waals surface area contributed by atoms with Crippen LogP contribution >= 0.6 is 0 Å². The molecule has 7 heteroatoms. The second kappa shape index (κ2) is 9.15. The molecule has 0 spiro atoms. The summed E-state index contributed by atoms with van der Waals surface area (Å²) in [5.74, 6) is 1.12. The predicted octanol–water partition coefficient (Wildman–Crippen LogP) is 3.21. The molecule has 0 aromatic heterocycles. The summed E-state index contributed by atoms with van der Waals surface area (Å²) < 4.78 is 5.49. The first-order valence-electron chi connectivity index (χ1n) is 8.61. The maximum absolute atomic E-state index is 12.1. The van der Waals surface area contributed by atoms with E-state index < -0.39 is 4.92 Å². The van der Waals surface area contributed by atoms with Crippen molar-refractivity contribution in [2.75, 3.05) is 20.2 Å². The lowest BCUT2D eigenvalue weighted by molar-refractivity contribution is -0.385. The highest BCUT2D eigenvalue weighted by Gasteiger charge is 2.19. The van der Waals surface area contributed by atoms with Gasteiger partial charge in [-0.25, -0.2) is 0 Å². The minimum atomic E-state index is -0.605. The summed E-state index contributed by atoms with van der Waals surface area (Å²) in [7, 11) is 1.84. The molecule has 1 saturated carbocycles. The summed E-state index contributed by atoms with van der Waals surface area (Å²) in [6.07, 6.45) is 6.33. The summed E-state index contributed by atoms with van der Waals surface area (Å²) in [4.78, 5) is 35.0. The van der Waals surface area contributed by atoms with Crippen LogP contribution in [0.15, 0.2) is 18.2 Å². The van der Waals surface area contributed by atoms with Gasteiger partial charge in [0, 0.05) is 26.1 Å². The van der Waals surface area contributed by atoms with Gasteiger partial charge >= 0.3 is 0 Å². The predicted molar refractivity (Wildman–Crippen MR) is 92.8 cm³/mol. The van der Waals surface area contributed by atoms with Crippen LogP contribution in [0.2, 0.25) is 0 Å². The monoisotopic (exact) mass is 348 g/mol. The van der Waals surface area contributed by atoms with Crippen molar-refractivity contribution in [3.8, 4) is 5.75 Å². The average molecular weight is 348 g/mol. The van der Waals surface area contributed by atoms with Gasteiger partial charge in [-0.1, -0.05) is 12.8 Å². The van der Waals surface area contributed by atoms with Crippen molar-refractivity contribution in [3.63, 3.8) is 0 Å². The topological polar surface area (TPSA) is 89.8 Å². The van der Waals surface area contributed by atoms with Gasteiger partial charge in [-0.3, -0.25) is 19.7 Å². The number of nitro benzene ring substituents is 1. The summed E-state index contributed by atoms with van der Waals surface area (Å²) in [6.45, 7) is 1.14. The Morgan fingerprint density at radius 3 is 2.76 bits per heavy atom. The lowest BCUT2D eigenvalue weighted by Gasteiger charge is -2.21. The number of hydrogen-bond donors (Lipinski definition) is 0. The number of rotatable bonds is 9. The standard InChI is InChI=1S/C18H24N2O5/c1-19(12-14-5-2-3-6-14)18(22)7-4-10-25-16-8-9-17(20(23)24)15(11-16)13-21/h8-9,11,13-14H,2-7,10,12H2,1H3. The van der Waals surface area contributed by atoms with Crippen LogP contribution in [-0.4, -0.2) is 42.2 Å². The maximum Gasteiger partial charge on any atom is 0.280 e. The first-order chi connectivity index (χ1) is 12.0. The van der Waals surface area contributed by atoms with Gasteiger partial charge in [0.2, 0.25) is 5.91 Å². The molecule has 1 aromatic carbocycles. The Balaban J connectivity index is 1.74. The quantitative estimate of drug-likeness (QED) is 0.296. The molecule has 0 radical (unpaired) electrons. The summed E-state index contributed by atoms with van der Waals surface area (Å²) in [6, 6.07) is 4.05. The molecule has 25 heavy (non-hydrogen) atoms. The molecule has 0 saturated heterocycles. The molecule has 1 aliphatic rings. The van der Waals surface area contributed by atoms with Crippen LogP contribution in [0.4, 0.5) is 5.69 Å². The third-order valence-corrected chi connectivity index (χ3v) is 4.56. The molecule has 1 amide bonds. The van der Waals surface area contributed by atoms with Gasteiger partial charge in [-0.05, 0) is 37.3 Å². The van der Waals surface area contributed by atoms with Gasteiger partial charge in [-0.2, -0.15) is 0 Å². The molecule has 0 N–H and O–H groups in total. The number of aldehydes is 1. The van der Waals surface area contributed by atoms with Crippen molar-refractivity contribution in [3.05, 3.63) is 33.9 Å². The van der Waals surface area contributed by atoms with Gasteiger partial charge in [0.15, 0.2) is 6.29 Å². The number of benzene rings is 1. The Bertz CT molecular complexity index is 626. The molecule has 1 aliphatic carbocycles. The van der Waals surface area contributed by atoms with Gasteiger partial charge in [-0.15, -0.1) is 0 Å². The van der Waals surface area contributed by atoms with E-state index in [-0.39, 0.29) is 17.2 Å². The lowest BCUT2D eigenvalue weighted by atomic mass is 10.1. The first kappa shape index (κ1) is 18.9. The van der Waals surface area contributed by atoms with E-state index in [9.17, 15) is 19.7 Å². The number of ether oxygens (including phenoxy) is 1. The molecule has 2 rings (SSSR count). The van der Waals surface area contributed by atoms with Crippen molar-refractivity contribution in [1.29, 1.82) is 0 Å². The highest BCUT2D eigenvalue weighted by atomic mass is 16.6. The Morgan fingerprint density at radius 2 is 2.12 bits per heavy atom. The number of nitrogens with zero attached hydrogens (tertiary/aromatic N) is 2. The van der Waals surface area contributed by atoms with Crippen molar-refractivity contribution in [2.45, 2.75) is 38.5 Å². The molecule has 0 unspecified atom stereocenters. The zero-order chi connectivity index (χ0) is 18.2. The number of carbonyl (C=O) groups excluding carboxylic acids is 2. The van der Waals surface area contributed by atoms with E-state index in [0.29, 0.717) is 37.4 Å². The minimum absolute atomic E-state index is 0.0186. The van der Waals surface area contributed by atoms with E-state index in [2.05, 4.69) is 0 Å². The fourth-order valence-electron chi connectivity index (χ4n) is 3.17. The highest BCUT2D eigenvalue weighted by molar-refractivity contribution is 5.82. The van der Waals surface area contributed by atoms with Crippen LogP contribution in [0.1, 0.15) is 48.9 Å². The van der Waals surface area contributed by atoms with Gasteiger partial charge < -0.3 is 9.64 Å². The molecular formula is C18H24N2O5. The molecule has 0 atom stereocenters. The van der Waals surface area contributed by atoms with E-state index >= 15 is 0 Å². The van der Waals surface area contributed by atoms with Crippen LogP contribution in [0, 0.1) is 16.0 Å². The first-order valence-corrected chi connectivity index (χ1v) is 8.61. The van der Waals surface area contributed by atoms with E-state index in [1.807, 2.05) is 7.05 Å². The second-order valence-corrected chi connectivity index (χ2v) is 6.47. The Hall–Kier alpha value is -2.44. The fourth-order valence-corrected chi connectivity index (χ4v) is 3.17. The molecule has 1 fully saturated rings. The summed E-state index contributed by atoms with van der Waals surface area (Å²) >= 11 is 0. The van der Waals surface area contributed by atoms with Crippen molar-refractivity contribution >= 4 is 17.9 Å². The summed E-state index contributed by atoms with van der Waals surface area (Å²) in [5.41, 5.74) is -0.263. The maximum atomic E-state index is 12.1. The van der Waals surface area contributed by atoms with Crippen LogP contribution < -0.4 is 4.74 Å². The fraction of sp³-hybridized carbons (Fsp3) is 0.556. The average Bonchev–Trinajstić information content (AvgIpc) is 3.10.